The van der Waals surface area contributed by atoms with Gasteiger partial charge in [-0.15, -0.1) is 0 Å². The lowest BCUT2D eigenvalue weighted by Gasteiger charge is -2.27. The standard InChI is InChI=1S/C17H28O3/c1-16(2,11-18)12-20-14-17(3,4)13-19-10-15-8-6-5-7-9-15/h5-9,18H,10-14H2,1-4H3. The van der Waals surface area contributed by atoms with Crippen LogP contribution in [0.3, 0.4) is 0 Å². The van der Waals surface area contributed by atoms with Gasteiger partial charge in [0.1, 0.15) is 0 Å². The van der Waals surface area contributed by atoms with Crippen LogP contribution >= 0.6 is 0 Å². The van der Waals surface area contributed by atoms with Gasteiger partial charge in [0.2, 0.25) is 0 Å². The van der Waals surface area contributed by atoms with Gasteiger partial charge in [0.25, 0.3) is 0 Å². The average Bonchev–Trinajstić information content (AvgIpc) is 2.39. The van der Waals surface area contributed by atoms with Crippen LogP contribution in [0.15, 0.2) is 30.3 Å². The molecule has 1 aromatic carbocycles. The molecule has 1 aromatic rings. The molecule has 0 saturated heterocycles. The normalized spacial score (nSPS) is 12.7. The largest absolute Gasteiger partial charge is 0.396 e. The van der Waals surface area contributed by atoms with Crippen LogP contribution in [0, 0.1) is 10.8 Å². The fraction of sp³-hybridized carbons (Fsp3) is 0.647. The summed E-state index contributed by atoms with van der Waals surface area (Å²) in [6, 6.07) is 10.2. The minimum Gasteiger partial charge on any atom is -0.396 e. The lowest BCUT2D eigenvalue weighted by molar-refractivity contribution is -0.0384. The van der Waals surface area contributed by atoms with Crippen molar-refractivity contribution in [2.45, 2.75) is 34.3 Å². The van der Waals surface area contributed by atoms with E-state index in [4.69, 9.17) is 9.47 Å². The highest BCUT2D eigenvalue weighted by atomic mass is 16.5. The van der Waals surface area contributed by atoms with E-state index in [1.807, 2.05) is 32.0 Å². The van der Waals surface area contributed by atoms with Crippen molar-refractivity contribution in [2.24, 2.45) is 10.8 Å². The van der Waals surface area contributed by atoms with E-state index in [0.29, 0.717) is 26.4 Å². The van der Waals surface area contributed by atoms with Crippen LogP contribution in [0.4, 0.5) is 0 Å². The Bertz CT molecular complexity index is 371. The topological polar surface area (TPSA) is 38.7 Å². The maximum atomic E-state index is 9.19. The third-order valence-corrected chi connectivity index (χ3v) is 3.02. The van der Waals surface area contributed by atoms with Crippen LogP contribution in [0.2, 0.25) is 0 Å². The molecule has 0 aromatic heterocycles. The van der Waals surface area contributed by atoms with Gasteiger partial charge >= 0.3 is 0 Å². The van der Waals surface area contributed by atoms with Crippen LogP contribution in [0.25, 0.3) is 0 Å². The number of ether oxygens (including phenoxy) is 2. The summed E-state index contributed by atoms with van der Waals surface area (Å²) >= 11 is 0. The lowest BCUT2D eigenvalue weighted by Crippen LogP contribution is -2.30. The van der Waals surface area contributed by atoms with Gasteiger partial charge in [-0.2, -0.15) is 0 Å². The third kappa shape index (κ3) is 7.04. The molecule has 0 bridgehead atoms. The number of aliphatic hydroxyl groups is 1. The van der Waals surface area contributed by atoms with Crippen molar-refractivity contribution in [2.75, 3.05) is 26.4 Å². The van der Waals surface area contributed by atoms with E-state index in [2.05, 4.69) is 26.0 Å². The van der Waals surface area contributed by atoms with E-state index in [9.17, 15) is 5.11 Å². The smallest absolute Gasteiger partial charge is 0.0717 e. The van der Waals surface area contributed by atoms with Gasteiger partial charge in [0, 0.05) is 10.8 Å². The Morgan fingerprint density at radius 1 is 0.850 bits per heavy atom. The van der Waals surface area contributed by atoms with E-state index in [-0.39, 0.29) is 17.4 Å². The summed E-state index contributed by atoms with van der Waals surface area (Å²) in [5.41, 5.74) is 0.979. The van der Waals surface area contributed by atoms with Gasteiger partial charge in [-0.25, -0.2) is 0 Å². The van der Waals surface area contributed by atoms with Crippen LogP contribution in [0.1, 0.15) is 33.3 Å². The molecule has 0 aliphatic heterocycles. The minimum atomic E-state index is -0.180. The quantitative estimate of drug-likeness (QED) is 0.754. The molecule has 114 valence electrons. The first-order valence-corrected chi connectivity index (χ1v) is 7.15. The summed E-state index contributed by atoms with van der Waals surface area (Å²) in [6.07, 6.45) is 0. The predicted molar refractivity (Wildman–Crippen MR) is 81.6 cm³/mol. The van der Waals surface area contributed by atoms with Crippen molar-refractivity contribution in [1.82, 2.24) is 0 Å². The highest BCUT2D eigenvalue weighted by Gasteiger charge is 2.22. The van der Waals surface area contributed by atoms with Gasteiger partial charge in [-0.05, 0) is 5.56 Å². The Kier molecular flexibility index (Phi) is 6.66. The summed E-state index contributed by atoms with van der Waals surface area (Å²) in [6.45, 7) is 10.9. The fourth-order valence-corrected chi connectivity index (χ4v) is 1.71. The lowest BCUT2D eigenvalue weighted by atomic mass is 9.94. The van der Waals surface area contributed by atoms with Crippen molar-refractivity contribution in [3.05, 3.63) is 35.9 Å². The van der Waals surface area contributed by atoms with Crippen LogP contribution in [-0.2, 0) is 16.1 Å². The zero-order valence-corrected chi connectivity index (χ0v) is 13.2. The van der Waals surface area contributed by atoms with Crippen LogP contribution < -0.4 is 0 Å². The van der Waals surface area contributed by atoms with Crippen molar-refractivity contribution >= 4 is 0 Å². The predicted octanol–water partition coefficient (Wildman–Crippen LogP) is 3.26. The number of hydrogen-bond donors (Lipinski definition) is 1. The zero-order chi connectivity index (χ0) is 15.1. The van der Waals surface area contributed by atoms with Crippen molar-refractivity contribution in [3.8, 4) is 0 Å². The number of aliphatic hydroxyl groups excluding tert-OH is 1. The summed E-state index contributed by atoms with van der Waals surface area (Å²) in [7, 11) is 0. The van der Waals surface area contributed by atoms with Gasteiger partial charge in [-0.3, -0.25) is 0 Å². The summed E-state index contributed by atoms with van der Waals surface area (Å²) in [4.78, 5) is 0. The molecule has 20 heavy (non-hydrogen) atoms. The average molecular weight is 280 g/mol. The van der Waals surface area contributed by atoms with Crippen LogP contribution in [0.5, 0.6) is 0 Å². The molecule has 0 unspecified atom stereocenters. The molecule has 3 nitrogen and oxygen atoms in total. The van der Waals surface area contributed by atoms with Crippen molar-refractivity contribution in [3.63, 3.8) is 0 Å². The monoisotopic (exact) mass is 280 g/mol. The van der Waals surface area contributed by atoms with Gasteiger partial charge in [-0.1, -0.05) is 58.0 Å². The highest BCUT2D eigenvalue weighted by Crippen LogP contribution is 2.20. The molecule has 0 heterocycles. The van der Waals surface area contributed by atoms with Gasteiger partial charge in [0.05, 0.1) is 33.0 Å². The summed E-state index contributed by atoms with van der Waals surface area (Å²) < 4.78 is 11.5. The first-order chi connectivity index (χ1) is 9.35. The maximum Gasteiger partial charge on any atom is 0.0717 e. The second kappa shape index (κ2) is 7.77. The molecule has 3 heteroatoms. The molecule has 0 fully saturated rings. The molecule has 1 rings (SSSR count). The molecule has 0 atom stereocenters. The second-order valence-corrected chi connectivity index (χ2v) is 6.96. The molecule has 0 saturated carbocycles. The van der Waals surface area contributed by atoms with E-state index in [1.54, 1.807) is 0 Å². The third-order valence-electron chi connectivity index (χ3n) is 3.02. The van der Waals surface area contributed by atoms with E-state index < -0.39 is 0 Å². The van der Waals surface area contributed by atoms with E-state index in [0.717, 1.165) is 0 Å². The highest BCUT2D eigenvalue weighted by molar-refractivity contribution is 5.13. The van der Waals surface area contributed by atoms with Crippen molar-refractivity contribution < 1.29 is 14.6 Å². The second-order valence-electron chi connectivity index (χ2n) is 6.96. The first kappa shape index (κ1) is 17.2. The fourth-order valence-electron chi connectivity index (χ4n) is 1.71. The Labute approximate surface area is 122 Å². The maximum absolute atomic E-state index is 9.19. The Morgan fingerprint density at radius 3 is 2.00 bits per heavy atom. The molecular formula is C17H28O3. The first-order valence-electron chi connectivity index (χ1n) is 7.15. The molecule has 0 spiro atoms. The van der Waals surface area contributed by atoms with E-state index in [1.165, 1.54) is 5.56 Å². The SMILES string of the molecule is CC(C)(CO)COCC(C)(C)COCc1ccccc1. The number of benzene rings is 1. The zero-order valence-electron chi connectivity index (χ0n) is 13.2. The Balaban J connectivity index is 2.24. The molecule has 0 aliphatic carbocycles. The summed E-state index contributed by atoms with van der Waals surface area (Å²) in [5.74, 6) is 0. The Morgan fingerprint density at radius 2 is 1.40 bits per heavy atom. The number of hydrogen-bond acceptors (Lipinski definition) is 3. The molecule has 0 aliphatic rings. The summed E-state index contributed by atoms with van der Waals surface area (Å²) in [5, 5.41) is 9.19. The molecule has 1 N–H and O–H groups in total. The van der Waals surface area contributed by atoms with E-state index >= 15 is 0 Å². The van der Waals surface area contributed by atoms with Crippen LogP contribution in [-0.4, -0.2) is 31.5 Å². The van der Waals surface area contributed by atoms with Crippen molar-refractivity contribution in [1.29, 1.82) is 0 Å². The van der Waals surface area contributed by atoms with Gasteiger partial charge in [0.15, 0.2) is 0 Å². The Hall–Kier alpha value is -0.900. The molecule has 0 radical (unpaired) electrons. The number of rotatable bonds is 9. The van der Waals surface area contributed by atoms with Gasteiger partial charge < -0.3 is 14.6 Å². The molecule has 0 amide bonds. The minimum absolute atomic E-state index is 0.0275. The molecular weight excluding hydrogens is 252 g/mol.